The SMILES string of the molecule is CN1CCN(c2nc(NC3COC3)cc(C(=O)NCC(O)CN3CCc4c(ccc(OCc5cnco5)c4Cl)C3)n2)CC1. The minimum atomic E-state index is -0.755. The number of hydrogen-bond acceptors (Lipinski definition) is 12. The van der Waals surface area contributed by atoms with Crippen molar-refractivity contribution >= 4 is 29.3 Å². The number of aromatic nitrogens is 3. The van der Waals surface area contributed by atoms with Crippen LogP contribution in [-0.4, -0.2) is 114 Å². The Kier molecular flexibility index (Phi) is 9.24. The number of β-amino-alcohol motifs (C(OH)–C–C–N with tert-alkyl or cyclic N) is 1. The van der Waals surface area contributed by atoms with Crippen molar-refractivity contribution in [3.63, 3.8) is 0 Å². The number of aliphatic hydroxyl groups is 1. The lowest BCUT2D eigenvalue weighted by atomic mass is 9.99. The van der Waals surface area contributed by atoms with Crippen LogP contribution in [0.4, 0.5) is 11.8 Å². The Hall–Kier alpha value is -3.49. The van der Waals surface area contributed by atoms with Gasteiger partial charge in [0.2, 0.25) is 5.95 Å². The summed E-state index contributed by atoms with van der Waals surface area (Å²) in [5, 5.41) is 17.6. The van der Waals surface area contributed by atoms with Crippen molar-refractivity contribution in [2.45, 2.75) is 31.7 Å². The molecule has 2 saturated heterocycles. The van der Waals surface area contributed by atoms with Gasteiger partial charge in [-0.1, -0.05) is 17.7 Å². The van der Waals surface area contributed by atoms with E-state index in [1.807, 2.05) is 12.1 Å². The van der Waals surface area contributed by atoms with Crippen LogP contribution in [0.2, 0.25) is 5.02 Å². The van der Waals surface area contributed by atoms with Gasteiger partial charge in [-0.25, -0.2) is 9.97 Å². The second kappa shape index (κ2) is 13.4. The van der Waals surface area contributed by atoms with E-state index in [2.05, 4.69) is 47.3 Å². The van der Waals surface area contributed by atoms with Crippen LogP contribution in [0.15, 0.2) is 35.2 Å². The normalized spacial score (nSPS) is 18.5. The molecule has 1 unspecified atom stereocenters. The molecule has 13 nitrogen and oxygen atoms in total. The van der Waals surface area contributed by atoms with E-state index >= 15 is 0 Å². The molecule has 1 aromatic carbocycles. The number of ether oxygens (including phenoxy) is 2. The summed E-state index contributed by atoms with van der Waals surface area (Å²) < 4.78 is 16.3. The number of anilines is 2. The van der Waals surface area contributed by atoms with Crippen LogP contribution in [0.3, 0.4) is 0 Å². The largest absolute Gasteiger partial charge is 0.484 e. The first-order valence-electron chi connectivity index (χ1n) is 14.6. The zero-order chi connectivity index (χ0) is 29.8. The molecule has 3 N–H and O–H groups in total. The van der Waals surface area contributed by atoms with E-state index < -0.39 is 6.10 Å². The predicted octanol–water partition coefficient (Wildman–Crippen LogP) is 1.41. The average molecular weight is 613 g/mol. The Morgan fingerprint density at radius 3 is 2.79 bits per heavy atom. The lowest BCUT2D eigenvalue weighted by molar-refractivity contribution is 0.0209. The van der Waals surface area contributed by atoms with Gasteiger partial charge in [-0.05, 0) is 30.7 Å². The molecule has 2 fully saturated rings. The molecule has 230 valence electrons. The Morgan fingerprint density at radius 2 is 2.05 bits per heavy atom. The fourth-order valence-electron chi connectivity index (χ4n) is 5.34. The number of benzene rings is 1. The number of halogens is 1. The molecule has 43 heavy (non-hydrogen) atoms. The van der Waals surface area contributed by atoms with E-state index in [1.54, 1.807) is 12.3 Å². The topological polar surface area (TPSA) is 141 Å². The molecule has 5 heterocycles. The van der Waals surface area contributed by atoms with Gasteiger partial charge >= 0.3 is 0 Å². The number of hydrogen-bond donors (Lipinski definition) is 3. The minimum Gasteiger partial charge on any atom is -0.484 e. The molecule has 3 aliphatic rings. The van der Waals surface area contributed by atoms with Gasteiger partial charge in [0.15, 0.2) is 12.2 Å². The highest BCUT2D eigenvalue weighted by molar-refractivity contribution is 6.33. The van der Waals surface area contributed by atoms with E-state index in [0.29, 0.717) is 54.6 Å². The molecule has 0 saturated carbocycles. The quantitative estimate of drug-likeness (QED) is 0.288. The summed E-state index contributed by atoms with van der Waals surface area (Å²) in [5.74, 6) is 2.00. The molecule has 14 heteroatoms. The highest BCUT2D eigenvalue weighted by Gasteiger charge is 2.25. The van der Waals surface area contributed by atoms with Gasteiger partial charge < -0.3 is 39.4 Å². The summed E-state index contributed by atoms with van der Waals surface area (Å²) in [5.41, 5.74) is 2.41. The first-order chi connectivity index (χ1) is 20.9. The number of likely N-dealkylation sites (N-methyl/N-ethyl adjacent to an activating group) is 1. The van der Waals surface area contributed by atoms with E-state index in [0.717, 1.165) is 50.3 Å². The second-order valence-electron chi connectivity index (χ2n) is 11.2. The summed E-state index contributed by atoms with van der Waals surface area (Å²) in [4.78, 5) is 32.8. The van der Waals surface area contributed by atoms with Gasteiger partial charge in [-0.2, -0.15) is 4.98 Å². The molecule has 3 aromatic rings. The Bertz CT molecular complexity index is 1400. The number of piperazine rings is 1. The van der Waals surface area contributed by atoms with Gasteiger partial charge in [-0.3, -0.25) is 9.69 Å². The van der Waals surface area contributed by atoms with Crippen LogP contribution < -0.4 is 20.3 Å². The third-order valence-corrected chi connectivity index (χ3v) is 8.33. The summed E-state index contributed by atoms with van der Waals surface area (Å²) in [6, 6.07) is 5.69. The van der Waals surface area contributed by atoms with Crippen LogP contribution in [0.25, 0.3) is 0 Å². The number of aliphatic hydroxyl groups excluding tert-OH is 1. The van der Waals surface area contributed by atoms with Crippen molar-refractivity contribution in [1.29, 1.82) is 0 Å². The lowest BCUT2D eigenvalue weighted by Crippen LogP contribution is -2.46. The van der Waals surface area contributed by atoms with Crippen molar-refractivity contribution in [2.75, 3.05) is 76.3 Å². The van der Waals surface area contributed by atoms with Crippen molar-refractivity contribution in [1.82, 2.24) is 30.1 Å². The Labute approximate surface area is 255 Å². The summed E-state index contributed by atoms with van der Waals surface area (Å²) in [6.07, 6.45) is 2.94. The molecule has 3 aliphatic heterocycles. The second-order valence-corrected chi connectivity index (χ2v) is 11.6. The standard InChI is InChI=1S/C29H37ClN8O5/c1-36-6-8-38(9-7-36)29-34-24(10-26(35-29)33-20-15-41-16-20)28(40)32-11-21(39)14-37-5-4-23-19(13-37)2-3-25(27(23)30)42-17-22-12-31-18-43-22/h2-3,10,12,18,20-21,39H,4-9,11,13-17H2,1H3,(H,32,40)(H,33,34,35). The highest BCUT2D eigenvalue weighted by atomic mass is 35.5. The number of amides is 1. The van der Waals surface area contributed by atoms with Crippen LogP contribution >= 0.6 is 11.6 Å². The molecular weight excluding hydrogens is 576 g/mol. The summed E-state index contributed by atoms with van der Waals surface area (Å²) >= 11 is 6.67. The zero-order valence-electron chi connectivity index (χ0n) is 24.2. The predicted molar refractivity (Wildman–Crippen MR) is 160 cm³/mol. The van der Waals surface area contributed by atoms with Crippen LogP contribution in [-0.2, 0) is 24.3 Å². The van der Waals surface area contributed by atoms with Crippen molar-refractivity contribution in [3.05, 3.63) is 58.4 Å². The molecule has 2 aromatic heterocycles. The van der Waals surface area contributed by atoms with Gasteiger partial charge in [-0.15, -0.1) is 0 Å². The molecule has 0 radical (unpaired) electrons. The maximum Gasteiger partial charge on any atom is 0.270 e. The number of carbonyl (C=O) groups is 1. The van der Waals surface area contributed by atoms with E-state index in [1.165, 1.54) is 6.39 Å². The number of carbonyl (C=O) groups excluding carboxylic acids is 1. The molecular formula is C29H37ClN8O5. The van der Waals surface area contributed by atoms with E-state index in [-0.39, 0.29) is 30.8 Å². The number of rotatable bonds is 11. The van der Waals surface area contributed by atoms with Gasteiger partial charge in [0.1, 0.15) is 23.9 Å². The third kappa shape index (κ3) is 7.36. The maximum atomic E-state index is 13.2. The summed E-state index contributed by atoms with van der Waals surface area (Å²) in [7, 11) is 2.09. The Morgan fingerprint density at radius 1 is 1.21 bits per heavy atom. The number of nitrogens with one attached hydrogen (secondary N) is 2. The Balaban J connectivity index is 1.03. The highest BCUT2D eigenvalue weighted by Crippen LogP contribution is 2.34. The van der Waals surface area contributed by atoms with Crippen molar-refractivity contribution in [3.8, 4) is 5.75 Å². The lowest BCUT2D eigenvalue weighted by Gasteiger charge is -2.33. The monoisotopic (exact) mass is 612 g/mol. The smallest absolute Gasteiger partial charge is 0.270 e. The maximum absolute atomic E-state index is 13.2. The number of oxazole rings is 1. The fraction of sp³-hybridized carbons (Fsp3) is 0.517. The van der Waals surface area contributed by atoms with Crippen LogP contribution in [0.1, 0.15) is 27.4 Å². The molecule has 1 atom stereocenters. The third-order valence-electron chi connectivity index (χ3n) is 7.92. The minimum absolute atomic E-state index is 0.102. The van der Waals surface area contributed by atoms with Gasteiger partial charge in [0, 0.05) is 58.4 Å². The molecule has 0 spiro atoms. The van der Waals surface area contributed by atoms with Crippen LogP contribution in [0, 0.1) is 0 Å². The van der Waals surface area contributed by atoms with Gasteiger partial charge in [0.05, 0.1) is 36.6 Å². The van der Waals surface area contributed by atoms with E-state index in [4.69, 9.17) is 25.5 Å². The molecule has 0 bridgehead atoms. The number of nitrogens with zero attached hydrogens (tertiary/aromatic N) is 6. The first-order valence-corrected chi connectivity index (χ1v) is 14.9. The molecule has 1 amide bonds. The first kappa shape index (κ1) is 29.6. The molecule has 6 rings (SSSR count). The number of fused-ring (bicyclic) bond motifs is 1. The average Bonchev–Trinajstić information content (AvgIpc) is 3.51. The molecule has 0 aliphatic carbocycles. The van der Waals surface area contributed by atoms with Crippen molar-refractivity contribution < 1.29 is 23.8 Å². The van der Waals surface area contributed by atoms with Crippen LogP contribution in [0.5, 0.6) is 5.75 Å². The fourth-order valence-corrected chi connectivity index (χ4v) is 5.68. The van der Waals surface area contributed by atoms with E-state index in [9.17, 15) is 9.90 Å². The van der Waals surface area contributed by atoms with Gasteiger partial charge in [0.25, 0.3) is 5.91 Å². The zero-order valence-corrected chi connectivity index (χ0v) is 24.9. The van der Waals surface area contributed by atoms with Crippen molar-refractivity contribution in [2.24, 2.45) is 0 Å². The summed E-state index contributed by atoms with van der Waals surface area (Å²) in [6.45, 7) is 6.71.